The van der Waals surface area contributed by atoms with Gasteiger partial charge >= 0.3 is 6.03 Å². The molecule has 2 amide bonds. The Morgan fingerprint density at radius 2 is 1.86 bits per heavy atom. The first kappa shape index (κ1) is 15.0. The van der Waals surface area contributed by atoms with Crippen molar-refractivity contribution in [2.75, 3.05) is 0 Å². The molecule has 7 heteroatoms. The number of hydrogen-bond donors (Lipinski definition) is 5. The number of hydrogen-bond acceptors (Lipinski definition) is 5. The fourth-order valence-electron chi connectivity index (χ4n) is 2.31. The molecule has 21 heavy (non-hydrogen) atoms. The summed E-state index contributed by atoms with van der Waals surface area (Å²) in [6.45, 7) is 0. The van der Waals surface area contributed by atoms with Gasteiger partial charge in [0.25, 0.3) is 0 Å². The molecular formula is C14H19N3O4. The molecule has 0 atom stereocenters. The highest BCUT2D eigenvalue weighted by Gasteiger charge is 2.15. The monoisotopic (exact) mass is 293 g/mol. The number of carbonyl (C=O) groups excluding carboxylic acids is 1. The lowest BCUT2D eigenvalue weighted by atomic mass is 9.96. The second-order valence-electron chi connectivity index (χ2n) is 5.05. The lowest BCUT2D eigenvalue weighted by Crippen LogP contribution is -2.41. The smallest absolute Gasteiger partial charge is 0.335 e. The van der Waals surface area contributed by atoms with Crippen LogP contribution in [0.25, 0.3) is 0 Å². The number of aromatic hydroxyl groups is 3. The van der Waals surface area contributed by atoms with E-state index < -0.39 is 23.3 Å². The van der Waals surface area contributed by atoms with Gasteiger partial charge in [-0.15, -0.1) is 0 Å². The number of phenolic OH excluding ortho intramolecular Hbond substituents is 3. The van der Waals surface area contributed by atoms with Gasteiger partial charge in [0.15, 0.2) is 11.5 Å². The normalized spacial score (nSPS) is 16.0. The van der Waals surface area contributed by atoms with Crippen LogP contribution < -0.4 is 10.7 Å². The summed E-state index contributed by atoms with van der Waals surface area (Å²) in [6.07, 6.45) is 6.59. The van der Waals surface area contributed by atoms with Gasteiger partial charge in [0.1, 0.15) is 0 Å². The molecule has 5 N–H and O–H groups in total. The van der Waals surface area contributed by atoms with Gasteiger partial charge in [0, 0.05) is 11.6 Å². The van der Waals surface area contributed by atoms with Crippen LogP contribution in [0.1, 0.15) is 37.7 Å². The van der Waals surface area contributed by atoms with E-state index in [0.29, 0.717) is 0 Å². The van der Waals surface area contributed by atoms with Gasteiger partial charge in [0.2, 0.25) is 5.75 Å². The van der Waals surface area contributed by atoms with Crippen LogP contribution in [0.15, 0.2) is 17.2 Å². The molecule has 1 fully saturated rings. The Kier molecular flexibility index (Phi) is 4.86. The van der Waals surface area contributed by atoms with Gasteiger partial charge in [-0.05, 0) is 25.0 Å². The van der Waals surface area contributed by atoms with Crippen molar-refractivity contribution in [1.29, 1.82) is 0 Å². The number of nitrogens with one attached hydrogen (secondary N) is 2. The van der Waals surface area contributed by atoms with Crippen molar-refractivity contribution in [2.24, 2.45) is 5.10 Å². The molecule has 0 aliphatic heterocycles. The number of phenols is 3. The number of hydrazone groups is 1. The molecule has 114 valence electrons. The minimum Gasteiger partial charge on any atom is -0.504 e. The van der Waals surface area contributed by atoms with Crippen LogP contribution >= 0.6 is 0 Å². The van der Waals surface area contributed by atoms with Gasteiger partial charge in [-0.1, -0.05) is 19.3 Å². The van der Waals surface area contributed by atoms with Crippen LogP contribution in [0.4, 0.5) is 4.79 Å². The largest absolute Gasteiger partial charge is 0.504 e. The maximum atomic E-state index is 11.6. The lowest BCUT2D eigenvalue weighted by Gasteiger charge is -2.22. The van der Waals surface area contributed by atoms with Crippen LogP contribution in [0.3, 0.4) is 0 Å². The highest BCUT2D eigenvalue weighted by atomic mass is 16.3. The Labute approximate surface area is 122 Å². The molecule has 1 aliphatic carbocycles. The molecule has 0 heterocycles. The van der Waals surface area contributed by atoms with Crippen molar-refractivity contribution in [3.8, 4) is 17.2 Å². The average molecular weight is 293 g/mol. The van der Waals surface area contributed by atoms with E-state index in [9.17, 15) is 20.1 Å². The molecule has 2 rings (SSSR count). The zero-order valence-electron chi connectivity index (χ0n) is 11.5. The summed E-state index contributed by atoms with van der Waals surface area (Å²) in [5.41, 5.74) is 2.49. The van der Waals surface area contributed by atoms with Gasteiger partial charge in [-0.25, -0.2) is 10.2 Å². The van der Waals surface area contributed by atoms with Crippen molar-refractivity contribution in [2.45, 2.75) is 38.1 Å². The Morgan fingerprint density at radius 3 is 2.57 bits per heavy atom. The quantitative estimate of drug-likeness (QED) is 0.332. The summed E-state index contributed by atoms with van der Waals surface area (Å²) < 4.78 is 0. The van der Waals surface area contributed by atoms with Gasteiger partial charge < -0.3 is 20.6 Å². The molecule has 0 unspecified atom stereocenters. The maximum Gasteiger partial charge on any atom is 0.335 e. The maximum absolute atomic E-state index is 11.6. The summed E-state index contributed by atoms with van der Waals surface area (Å²) in [6, 6.07) is 2.37. The molecule has 1 saturated carbocycles. The Hall–Kier alpha value is -2.44. The van der Waals surface area contributed by atoms with Crippen LogP contribution in [0.2, 0.25) is 0 Å². The Balaban J connectivity index is 1.87. The second-order valence-corrected chi connectivity index (χ2v) is 5.05. The highest BCUT2D eigenvalue weighted by molar-refractivity contribution is 5.86. The van der Waals surface area contributed by atoms with Crippen molar-refractivity contribution in [3.05, 3.63) is 17.7 Å². The van der Waals surface area contributed by atoms with E-state index >= 15 is 0 Å². The van der Waals surface area contributed by atoms with Crippen molar-refractivity contribution in [1.82, 2.24) is 10.7 Å². The minimum absolute atomic E-state index is 0.181. The minimum atomic E-state index is -0.620. The number of urea groups is 1. The van der Waals surface area contributed by atoms with E-state index in [-0.39, 0.29) is 11.6 Å². The lowest BCUT2D eigenvalue weighted by molar-refractivity contribution is 0.233. The molecule has 0 radical (unpaired) electrons. The van der Waals surface area contributed by atoms with E-state index in [1.807, 2.05) is 0 Å². The van der Waals surface area contributed by atoms with Crippen LogP contribution in [-0.2, 0) is 0 Å². The van der Waals surface area contributed by atoms with E-state index in [0.717, 1.165) is 25.7 Å². The third-order valence-corrected chi connectivity index (χ3v) is 3.47. The molecular weight excluding hydrogens is 274 g/mol. The first-order chi connectivity index (χ1) is 10.1. The predicted molar refractivity (Wildman–Crippen MR) is 77.6 cm³/mol. The fraction of sp³-hybridized carbons (Fsp3) is 0.429. The van der Waals surface area contributed by atoms with E-state index in [4.69, 9.17) is 0 Å². The van der Waals surface area contributed by atoms with Crippen molar-refractivity contribution >= 4 is 12.2 Å². The molecule has 7 nitrogen and oxygen atoms in total. The third kappa shape index (κ3) is 4.01. The number of carbonyl (C=O) groups is 1. The summed E-state index contributed by atoms with van der Waals surface area (Å²) in [7, 11) is 0. The summed E-state index contributed by atoms with van der Waals surface area (Å²) in [4.78, 5) is 11.6. The molecule has 0 bridgehead atoms. The third-order valence-electron chi connectivity index (χ3n) is 3.47. The first-order valence-electron chi connectivity index (χ1n) is 6.91. The van der Waals surface area contributed by atoms with Crippen molar-refractivity contribution in [3.63, 3.8) is 0 Å². The standard InChI is InChI=1S/C14H19N3O4/c18-11-7-6-9(12(19)13(11)20)8-15-17-14(21)16-10-4-2-1-3-5-10/h6-8,10,18-20H,1-5H2,(H2,16,17,21)/b15-8+. The topological polar surface area (TPSA) is 114 Å². The van der Waals surface area contributed by atoms with E-state index in [2.05, 4.69) is 15.8 Å². The first-order valence-corrected chi connectivity index (χ1v) is 6.91. The van der Waals surface area contributed by atoms with Gasteiger partial charge in [-0.3, -0.25) is 0 Å². The highest BCUT2D eigenvalue weighted by Crippen LogP contribution is 2.36. The predicted octanol–water partition coefficient (Wildman–Crippen LogP) is 1.77. The molecule has 1 aliphatic rings. The second kappa shape index (κ2) is 6.83. The molecule has 0 saturated heterocycles. The molecule has 1 aromatic carbocycles. The molecule has 1 aromatic rings. The number of benzene rings is 1. The Morgan fingerprint density at radius 1 is 1.14 bits per heavy atom. The van der Waals surface area contributed by atoms with Crippen molar-refractivity contribution < 1.29 is 20.1 Å². The van der Waals surface area contributed by atoms with Gasteiger partial charge in [0.05, 0.1) is 6.21 Å². The molecule has 0 aromatic heterocycles. The number of nitrogens with zero attached hydrogens (tertiary/aromatic N) is 1. The average Bonchev–Trinajstić information content (AvgIpc) is 2.48. The number of rotatable bonds is 3. The summed E-state index contributed by atoms with van der Waals surface area (Å²) >= 11 is 0. The zero-order valence-corrected chi connectivity index (χ0v) is 11.5. The van der Waals surface area contributed by atoms with Gasteiger partial charge in [-0.2, -0.15) is 5.10 Å². The SMILES string of the molecule is O=C(N/N=C/c1ccc(O)c(O)c1O)NC1CCCCC1. The summed E-state index contributed by atoms with van der Waals surface area (Å²) in [5, 5.41) is 34.6. The number of amides is 2. The molecule has 0 spiro atoms. The Bertz CT molecular complexity index is 539. The summed E-state index contributed by atoms with van der Waals surface area (Å²) in [5.74, 6) is -1.54. The van der Waals surface area contributed by atoms with E-state index in [1.165, 1.54) is 24.8 Å². The van der Waals surface area contributed by atoms with E-state index in [1.54, 1.807) is 0 Å². The van der Waals surface area contributed by atoms with Crippen LogP contribution in [-0.4, -0.2) is 33.6 Å². The van der Waals surface area contributed by atoms with Crippen LogP contribution in [0, 0.1) is 0 Å². The van der Waals surface area contributed by atoms with Crippen LogP contribution in [0.5, 0.6) is 17.2 Å². The zero-order chi connectivity index (χ0) is 15.2. The fourth-order valence-corrected chi connectivity index (χ4v) is 2.31.